The molecule has 0 radical (unpaired) electrons. The highest BCUT2D eigenvalue weighted by Crippen LogP contribution is 2.51. The summed E-state index contributed by atoms with van der Waals surface area (Å²) in [5.41, 5.74) is 2.33. The van der Waals surface area contributed by atoms with Crippen LogP contribution < -0.4 is 5.56 Å². The molecule has 32 heavy (non-hydrogen) atoms. The molecule has 1 aliphatic carbocycles. The molecule has 6 nitrogen and oxygen atoms in total. The van der Waals surface area contributed by atoms with Crippen LogP contribution in [0.4, 0.5) is 0 Å². The van der Waals surface area contributed by atoms with Gasteiger partial charge in [-0.2, -0.15) is 0 Å². The molecule has 164 valence electrons. The molecule has 0 spiro atoms. The van der Waals surface area contributed by atoms with E-state index in [9.17, 15) is 14.7 Å². The molecule has 1 fully saturated rings. The zero-order chi connectivity index (χ0) is 22.3. The van der Waals surface area contributed by atoms with Gasteiger partial charge >= 0.3 is 0 Å². The van der Waals surface area contributed by atoms with Gasteiger partial charge in [0, 0.05) is 17.1 Å². The molecule has 7 heteroatoms. The molecular formula is C25H24ClN3O3. The third kappa shape index (κ3) is 3.63. The van der Waals surface area contributed by atoms with E-state index in [2.05, 4.69) is 17.1 Å². The maximum atomic E-state index is 13.1. The highest BCUT2D eigenvalue weighted by Gasteiger charge is 2.48. The van der Waals surface area contributed by atoms with E-state index in [1.54, 1.807) is 24.3 Å². The van der Waals surface area contributed by atoms with Crippen LogP contribution in [0.2, 0.25) is 5.02 Å². The first-order chi connectivity index (χ1) is 15.5. The van der Waals surface area contributed by atoms with Crippen molar-refractivity contribution >= 4 is 17.5 Å². The molecule has 0 bridgehead atoms. The number of aryl methyl sites for hydroxylation is 1. The highest BCUT2D eigenvalue weighted by atomic mass is 35.5. The van der Waals surface area contributed by atoms with E-state index in [1.165, 1.54) is 4.90 Å². The van der Waals surface area contributed by atoms with Crippen LogP contribution in [0.25, 0.3) is 0 Å². The second-order valence-corrected chi connectivity index (χ2v) is 8.98. The van der Waals surface area contributed by atoms with Crippen LogP contribution in [0.1, 0.15) is 53.6 Å². The van der Waals surface area contributed by atoms with Crippen molar-refractivity contribution in [2.45, 2.75) is 43.7 Å². The van der Waals surface area contributed by atoms with Crippen molar-refractivity contribution < 1.29 is 9.90 Å². The van der Waals surface area contributed by atoms with Gasteiger partial charge in [0.25, 0.3) is 11.5 Å². The van der Waals surface area contributed by atoms with Gasteiger partial charge in [0.05, 0.1) is 23.2 Å². The first-order valence-electron chi connectivity index (χ1n) is 10.9. The molecule has 2 aromatic carbocycles. The summed E-state index contributed by atoms with van der Waals surface area (Å²) in [6.07, 6.45) is 1.82. The molecule has 2 heterocycles. The van der Waals surface area contributed by atoms with Gasteiger partial charge in [0.1, 0.15) is 5.82 Å². The normalized spacial score (nSPS) is 17.9. The number of halogens is 1. The minimum Gasteiger partial charge on any atom is -0.378 e. The van der Waals surface area contributed by atoms with Crippen LogP contribution in [-0.2, 0) is 23.2 Å². The van der Waals surface area contributed by atoms with Crippen LogP contribution in [0, 0.1) is 0 Å². The molecule has 1 aromatic heterocycles. The van der Waals surface area contributed by atoms with Crippen LogP contribution in [0.3, 0.4) is 0 Å². The third-order valence-corrected chi connectivity index (χ3v) is 6.91. The summed E-state index contributed by atoms with van der Waals surface area (Å²) in [5, 5.41) is 11.0. The van der Waals surface area contributed by atoms with E-state index in [0.29, 0.717) is 41.4 Å². The van der Waals surface area contributed by atoms with Gasteiger partial charge in [-0.1, -0.05) is 60.1 Å². The van der Waals surface area contributed by atoms with Gasteiger partial charge in [0.15, 0.2) is 6.10 Å². The minimum atomic E-state index is -1.37. The van der Waals surface area contributed by atoms with E-state index in [-0.39, 0.29) is 17.5 Å². The number of aliphatic hydroxyl groups is 1. The molecule has 1 saturated carbocycles. The summed E-state index contributed by atoms with van der Waals surface area (Å²) < 4.78 is 0. The topological polar surface area (TPSA) is 86.3 Å². The standard InChI is InChI=1S/C25H24ClN3O3/c26-19-10-5-4-9-17(19)21(30)23(32)29-14-6-11-20-18(15-29)22(31)28-24(27-20)25(12-13-25)16-7-2-1-3-8-16/h1-5,7-10,21,30H,6,11-15H2,(H,27,28,31)/t21-/m1/s1. The lowest BCUT2D eigenvalue weighted by molar-refractivity contribution is -0.141. The number of carbonyl (C=O) groups is 1. The number of hydrogen-bond donors (Lipinski definition) is 2. The Morgan fingerprint density at radius 3 is 2.56 bits per heavy atom. The Morgan fingerprint density at radius 2 is 1.84 bits per heavy atom. The fourth-order valence-electron chi connectivity index (χ4n) is 4.58. The van der Waals surface area contributed by atoms with E-state index in [0.717, 1.165) is 24.1 Å². The molecule has 1 amide bonds. The first-order valence-corrected chi connectivity index (χ1v) is 11.3. The Morgan fingerprint density at radius 1 is 1.12 bits per heavy atom. The van der Waals surface area contributed by atoms with Gasteiger partial charge < -0.3 is 15.0 Å². The SMILES string of the molecule is O=C([C@H](O)c1ccccc1Cl)N1CCCc2nc(C3(c4ccccc4)CC3)[nH]c(=O)c2C1. The quantitative estimate of drug-likeness (QED) is 0.638. The summed E-state index contributed by atoms with van der Waals surface area (Å²) in [6, 6.07) is 16.9. The van der Waals surface area contributed by atoms with Crippen molar-refractivity contribution in [1.82, 2.24) is 14.9 Å². The van der Waals surface area contributed by atoms with Crippen LogP contribution in [-0.4, -0.2) is 32.4 Å². The number of aromatic amines is 1. The van der Waals surface area contributed by atoms with Crippen LogP contribution in [0.5, 0.6) is 0 Å². The second kappa shape index (κ2) is 8.19. The maximum absolute atomic E-state index is 13.1. The molecule has 1 atom stereocenters. The number of H-pyrrole nitrogens is 1. The summed E-state index contributed by atoms with van der Waals surface area (Å²) >= 11 is 6.16. The van der Waals surface area contributed by atoms with Crippen molar-refractivity contribution in [3.63, 3.8) is 0 Å². The summed E-state index contributed by atoms with van der Waals surface area (Å²) in [7, 11) is 0. The van der Waals surface area contributed by atoms with E-state index >= 15 is 0 Å². The molecule has 0 unspecified atom stereocenters. The third-order valence-electron chi connectivity index (χ3n) is 6.57. The van der Waals surface area contributed by atoms with Gasteiger partial charge in [-0.15, -0.1) is 0 Å². The van der Waals surface area contributed by atoms with E-state index < -0.39 is 12.0 Å². The number of aromatic nitrogens is 2. The Hall–Kier alpha value is -2.96. The Bertz CT molecular complexity index is 1220. The van der Waals surface area contributed by atoms with Crippen molar-refractivity contribution in [2.75, 3.05) is 6.54 Å². The van der Waals surface area contributed by atoms with Crippen LogP contribution in [0.15, 0.2) is 59.4 Å². The zero-order valence-corrected chi connectivity index (χ0v) is 18.3. The fourth-order valence-corrected chi connectivity index (χ4v) is 4.82. The average Bonchev–Trinajstić information content (AvgIpc) is 3.63. The zero-order valence-electron chi connectivity index (χ0n) is 17.6. The number of fused-ring (bicyclic) bond motifs is 1. The molecule has 3 aromatic rings. The molecule has 2 aliphatic rings. The Balaban J connectivity index is 1.44. The summed E-state index contributed by atoms with van der Waals surface area (Å²) in [6.45, 7) is 0.561. The number of aliphatic hydroxyl groups excluding tert-OH is 1. The van der Waals surface area contributed by atoms with Crippen molar-refractivity contribution in [3.8, 4) is 0 Å². The molecule has 5 rings (SSSR count). The maximum Gasteiger partial charge on any atom is 0.256 e. The van der Waals surface area contributed by atoms with E-state index in [1.807, 2.05) is 18.2 Å². The number of carbonyl (C=O) groups excluding carboxylic acids is 1. The lowest BCUT2D eigenvalue weighted by Crippen LogP contribution is -2.36. The highest BCUT2D eigenvalue weighted by molar-refractivity contribution is 6.31. The van der Waals surface area contributed by atoms with Crippen molar-refractivity contribution in [1.29, 1.82) is 0 Å². The number of amides is 1. The molecular weight excluding hydrogens is 426 g/mol. The largest absolute Gasteiger partial charge is 0.378 e. The first kappa shape index (κ1) is 20.9. The van der Waals surface area contributed by atoms with Gasteiger partial charge in [-0.25, -0.2) is 4.98 Å². The van der Waals surface area contributed by atoms with Crippen molar-refractivity contribution in [2.24, 2.45) is 0 Å². The predicted molar refractivity (Wildman–Crippen MR) is 121 cm³/mol. The summed E-state index contributed by atoms with van der Waals surface area (Å²) in [5.74, 6) is 0.251. The average molecular weight is 450 g/mol. The number of hydrogen-bond acceptors (Lipinski definition) is 4. The van der Waals surface area contributed by atoms with Gasteiger partial charge in [-0.3, -0.25) is 9.59 Å². The molecule has 1 aliphatic heterocycles. The lowest BCUT2D eigenvalue weighted by Gasteiger charge is -2.24. The smallest absolute Gasteiger partial charge is 0.256 e. The van der Waals surface area contributed by atoms with Crippen LogP contribution >= 0.6 is 11.6 Å². The lowest BCUT2D eigenvalue weighted by atomic mass is 9.94. The number of nitrogens with one attached hydrogen (secondary N) is 1. The molecule has 0 saturated heterocycles. The minimum absolute atomic E-state index is 0.122. The monoisotopic (exact) mass is 449 g/mol. The van der Waals surface area contributed by atoms with Crippen molar-refractivity contribution in [3.05, 3.63) is 98.2 Å². The molecule has 2 N–H and O–H groups in total. The number of benzene rings is 2. The number of rotatable bonds is 4. The summed E-state index contributed by atoms with van der Waals surface area (Å²) in [4.78, 5) is 35.5. The number of nitrogens with zero attached hydrogens (tertiary/aromatic N) is 2. The second-order valence-electron chi connectivity index (χ2n) is 8.58. The fraction of sp³-hybridized carbons (Fsp3) is 0.320. The Labute approximate surface area is 190 Å². The van der Waals surface area contributed by atoms with Gasteiger partial charge in [-0.05, 0) is 37.3 Å². The Kier molecular flexibility index (Phi) is 5.35. The predicted octanol–water partition coefficient (Wildman–Crippen LogP) is 3.51. The van der Waals surface area contributed by atoms with E-state index in [4.69, 9.17) is 16.6 Å². The van der Waals surface area contributed by atoms with Gasteiger partial charge in [0.2, 0.25) is 0 Å².